The quantitative estimate of drug-likeness (QED) is 0.312. The summed E-state index contributed by atoms with van der Waals surface area (Å²) in [6, 6.07) is 8.13. The molecule has 0 bridgehead atoms. The number of aryl methyl sites for hydroxylation is 2. The molecule has 0 aliphatic heterocycles. The number of hydrogen-bond acceptors (Lipinski definition) is 5. The molecular weight excluding hydrogens is 530 g/mol. The number of carbonyl (C=O) groups is 3. The highest BCUT2D eigenvalue weighted by Gasteiger charge is 2.42. The number of halogens is 1. The van der Waals surface area contributed by atoms with E-state index < -0.39 is 29.7 Å². The molecule has 3 N–H and O–H groups in total. The predicted molar refractivity (Wildman–Crippen MR) is 158 cm³/mol. The number of carbonyl (C=O) groups excluding carboxylic acids is 3. The molecule has 8 nitrogen and oxygen atoms in total. The van der Waals surface area contributed by atoms with E-state index in [0.29, 0.717) is 28.3 Å². The summed E-state index contributed by atoms with van der Waals surface area (Å²) in [6.07, 6.45) is 2.08. The number of aromatic hydroxyl groups is 1. The van der Waals surface area contributed by atoms with Crippen LogP contribution in [0.1, 0.15) is 83.0 Å². The molecule has 3 rings (SSSR count). The lowest BCUT2D eigenvalue weighted by Gasteiger charge is -2.44. The second-order valence-electron chi connectivity index (χ2n) is 12.0. The molecule has 0 spiro atoms. The SMILES string of the molecule is Cc1cc(C(C(=O)Nc2c(C)cccc2Cl)N(C(=O)C(CC(C)C)NC(=O)OC(C)(C)C)C2CCC2)ccc1O. The maximum atomic E-state index is 14.4. The lowest BCUT2D eigenvalue weighted by atomic mass is 9.87. The third-order valence-electron chi connectivity index (χ3n) is 6.95. The van der Waals surface area contributed by atoms with Gasteiger partial charge in [0.05, 0.1) is 10.7 Å². The topological polar surface area (TPSA) is 108 Å². The summed E-state index contributed by atoms with van der Waals surface area (Å²) >= 11 is 6.44. The van der Waals surface area contributed by atoms with Crippen LogP contribution in [-0.4, -0.2) is 45.6 Å². The van der Waals surface area contributed by atoms with Crippen molar-refractivity contribution in [2.45, 2.75) is 97.9 Å². The normalized spacial score (nSPS) is 15.1. The number of hydrogen-bond donors (Lipinski definition) is 3. The molecule has 2 unspecified atom stereocenters. The lowest BCUT2D eigenvalue weighted by Crippen LogP contribution is -2.57. The van der Waals surface area contributed by atoms with Gasteiger partial charge in [-0.2, -0.15) is 0 Å². The number of ether oxygens (including phenoxy) is 1. The molecule has 2 aromatic carbocycles. The standard InChI is InChI=1S/C31H42ClN3O5/c1-18(2)16-24(33-30(39)40-31(5,6)7)29(38)35(22-11-9-12-22)27(21-14-15-25(36)20(4)17-21)28(37)34-26-19(3)10-8-13-23(26)32/h8,10,13-15,17-18,22,24,27,36H,9,11-12,16H2,1-7H3,(H,33,39)(H,34,37). The first kappa shape index (κ1) is 31.3. The number of nitrogens with one attached hydrogen (secondary N) is 2. The van der Waals surface area contributed by atoms with E-state index in [1.165, 1.54) is 6.07 Å². The van der Waals surface area contributed by atoms with Crippen LogP contribution in [0.5, 0.6) is 5.75 Å². The van der Waals surface area contributed by atoms with Crippen molar-refractivity contribution >= 4 is 35.2 Å². The fraction of sp³-hybridized carbons (Fsp3) is 0.516. The number of rotatable bonds is 9. The Labute approximate surface area is 242 Å². The van der Waals surface area contributed by atoms with Crippen LogP contribution in [-0.2, 0) is 14.3 Å². The van der Waals surface area contributed by atoms with E-state index in [2.05, 4.69) is 10.6 Å². The third kappa shape index (κ3) is 7.90. The van der Waals surface area contributed by atoms with Gasteiger partial charge in [0.15, 0.2) is 0 Å². The number of phenols is 1. The highest BCUT2D eigenvalue weighted by molar-refractivity contribution is 6.34. The minimum atomic E-state index is -1.03. The number of nitrogens with zero attached hydrogens (tertiary/aromatic N) is 1. The molecule has 1 fully saturated rings. The summed E-state index contributed by atoms with van der Waals surface area (Å²) in [5, 5.41) is 16.3. The summed E-state index contributed by atoms with van der Waals surface area (Å²) in [5.74, 6) is -0.607. The first-order valence-electron chi connectivity index (χ1n) is 13.8. The lowest BCUT2D eigenvalue weighted by molar-refractivity contribution is -0.146. The second-order valence-corrected chi connectivity index (χ2v) is 12.4. The second kappa shape index (κ2) is 12.9. The summed E-state index contributed by atoms with van der Waals surface area (Å²) in [4.78, 5) is 42.9. The number of alkyl carbamates (subject to hydrolysis) is 1. The van der Waals surface area contributed by atoms with E-state index in [9.17, 15) is 19.5 Å². The van der Waals surface area contributed by atoms with Crippen LogP contribution in [0.2, 0.25) is 5.02 Å². The Morgan fingerprint density at radius 3 is 2.30 bits per heavy atom. The molecule has 218 valence electrons. The number of anilines is 1. The van der Waals surface area contributed by atoms with Gasteiger partial charge in [0.2, 0.25) is 5.91 Å². The van der Waals surface area contributed by atoms with Gasteiger partial charge in [-0.25, -0.2) is 4.79 Å². The molecule has 2 atom stereocenters. The van der Waals surface area contributed by atoms with Crippen molar-refractivity contribution in [1.82, 2.24) is 10.2 Å². The summed E-state index contributed by atoms with van der Waals surface area (Å²) < 4.78 is 5.46. The van der Waals surface area contributed by atoms with Gasteiger partial charge in [-0.05, 0) is 101 Å². The minimum absolute atomic E-state index is 0.0843. The monoisotopic (exact) mass is 571 g/mol. The Balaban J connectivity index is 2.08. The number of benzene rings is 2. The largest absolute Gasteiger partial charge is 0.508 e. The molecule has 0 heterocycles. The van der Waals surface area contributed by atoms with E-state index in [1.54, 1.807) is 56.9 Å². The van der Waals surface area contributed by atoms with Crippen LogP contribution in [0, 0.1) is 19.8 Å². The van der Waals surface area contributed by atoms with Crippen LogP contribution in [0.15, 0.2) is 36.4 Å². The van der Waals surface area contributed by atoms with E-state index in [4.69, 9.17) is 16.3 Å². The van der Waals surface area contributed by atoms with E-state index in [1.807, 2.05) is 26.8 Å². The zero-order valence-corrected chi connectivity index (χ0v) is 25.3. The molecule has 0 aromatic heterocycles. The Bertz CT molecular complexity index is 1220. The fourth-order valence-corrected chi connectivity index (χ4v) is 5.04. The van der Waals surface area contributed by atoms with Crippen LogP contribution in [0.25, 0.3) is 0 Å². The molecule has 0 saturated heterocycles. The smallest absolute Gasteiger partial charge is 0.408 e. The Morgan fingerprint density at radius 2 is 1.77 bits per heavy atom. The zero-order chi connectivity index (χ0) is 29.8. The molecule has 3 amide bonds. The van der Waals surface area contributed by atoms with Gasteiger partial charge in [0.1, 0.15) is 23.4 Å². The van der Waals surface area contributed by atoms with Gasteiger partial charge < -0.3 is 25.4 Å². The predicted octanol–water partition coefficient (Wildman–Crippen LogP) is 6.66. The van der Waals surface area contributed by atoms with E-state index >= 15 is 0 Å². The highest BCUT2D eigenvalue weighted by atomic mass is 35.5. The molecule has 1 aliphatic carbocycles. The van der Waals surface area contributed by atoms with Crippen LogP contribution in [0.4, 0.5) is 10.5 Å². The Kier molecular flexibility index (Phi) is 10.1. The number of para-hydroxylation sites is 1. The zero-order valence-electron chi connectivity index (χ0n) is 24.5. The van der Waals surface area contributed by atoms with Crippen LogP contribution in [0.3, 0.4) is 0 Å². The van der Waals surface area contributed by atoms with E-state index in [-0.39, 0.29) is 23.6 Å². The third-order valence-corrected chi connectivity index (χ3v) is 7.27. The average molecular weight is 572 g/mol. The van der Waals surface area contributed by atoms with Crippen molar-refractivity contribution in [2.75, 3.05) is 5.32 Å². The Hall–Kier alpha value is -3.26. The van der Waals surface area contributed by atoms with Crippen LogP contribution < -0.4 is 10.6 Å². The maximum absolute atomic E-state index is 14.4. The molecule has 1 saturated carbocycles. The van der Waals surface area contributed by atoms with Crippen molar-refractivity contribution in [2.24, 2.45) is 5.92 Å². The molecular formula is C31H42ClN3O5. The molecule has 9 heteroatoms. The van der Waals surface area contributed by atoms with Crippen molar-refractivity contribution in [1.29, 1.82) is 0 Å². The summed E-state index contributed by atoms with van der Waals surface area (Å²) in [5.41, 5.74) is 1.66. The van der Waals surface area contributed by atoms with Crippen molar-refractivity contribution < 1.29 is 24.2 Å². The van der Waals surface area contributed by atoms with Gasteiger partial charge in [-0.3, -0.25) is 9.59 Å². The summed E-state index contributed by atoms with van der Waals surface area (Å²) in [6.45, 7) is 12.8. The van der Waals surface area contributed by atoms with Gasteiger partial charge >= 0.3 is 6.09 Å². The highest BCUT2D eigenvalue weighted by Crippen LogP contribution is 2.37. The van der Waals surface area contributed by atoms with Gasteiger partial charge in [-0.15, -0.1) is 0 Å². The first-order valence-corrected chi connectivity index (χ1v) is 14.2. The first-order chi connectivity index (χ1) is 18.7. The molecule has 2 aromatic rings. The van der Waals surface area contributed by atoms with Gasteiger partial charge in [0, 0.05) is 6.04 Å². The van der Waals surface area contributed by atoms with Gasteiger partial charge in [-0.1, -0.05) is 43.6 Å². The van der Waals surface area contributed by atoms with Gasteiger partial charge in [0.25, 0.3) is 5.91 Å². The van der Waals surface area contributed by atoms with Crippen molar-refractivity contribution in [3.05, 3.63) is 58.1 Å². The van der Waals surface area contributed by atoms with Crippen molar-refractivity contribution in [3.63, 3.8) is 0 Å². The average Bonchev–Trinajstić information content (AvgIpc) is 2.79. The van der Waals surface area contributed by atoms with Crippen LogP contribution >= 0.6 is 11.6 Å². The number of phenolic OH excluding ortho intramolecular Hbond substituents is 1. The Morgan fingerprint density at radius 1 is 1.10 bits per heavy atom. The van der Waals surface area contributed by atoms with Crippen molar-refractivity contribution in [3.8, 4) is 5.75 Å². The maximum Gasteiger partial charge on any atom is 0.408 e. The fourth-order valence-electron chi connectivity index (χ4n) is 4.77. The number of amides is 3. The minimum Gasteiger partial charge on any atom is -0.508 e. The summed E-state index contributed by atoms with van der Waals surface area (Å²) in [7, 11) is 0. The van der Waals surface area contributed by atoms with E-state index in [0.717, 1.165) is 24.8 Å². The molecule has 0 radical (unpaired) electrons. The molecule has 1 aliphatic rings. The molecule has 40 heavy (non-hydrogen) atoms.